The van der Waals surface area contributed by atoms with Crippen molar-refractivity contribution in [2.45, 2.75) is 24.3 Å². The molecule has 0 saturated carbocycles. The van der Waals surface area contributed by atoms with Crippen molar-refractivity contribution in [3.05, 3.63) is 58.1 Å². The van der Waals surface area contributed by atoms with E-state index in [-0.39, 0.29) is 22.3 Å². The normalized spacial score (nSPS) is 16.5. The van der Waals surface area contributed by atoms with E-state index in [9.17, 15) is 18.5 Å². The summed E-state index contributed by atoms with van der Waals surface area (Å²) in [7, 11) is -3.80. The number of nitrogens with zero attached hydrogens (tertiary/aromatic N) is 1. The van der Waals surface area contributed by atoms with Crippen LogP contribution in [0, 0.1) is 10.1 Å². The lowest BCUT2D eigenvalue weighted by molar-refractivity contribution is -0.384. The average Bonchev–Trinajstić information content (AvgIpc) is 2.86. The molecule has 1 atom stereocenters. The molecule has 3 rings (SSSR count). The predicted octanol–water partition coefficient (Wildman–Crippen LogP) is 2.75. The minimum absolute atomic E-state index is 0.138. The zero-order valence-electron chi connectivity index (χ0n) is 12.3. The van der Waals surface area contributed by atoms with Crippen molar-refractivity contribution >= 4 is 27.1 Å². The fourth-order valence-corrected chi connectivity index (χ4v) is 3.69. The van der Waals surface area contributed by atoms with Gasteiger partial charge in [0.05, 0.1) is 15.5 Å². The number of nitro groups is 1. The largest absolute Gasteiger partial charge is 0.382 e. The fourth-order valence-electron chi connectivity index (χ4n) is 2.59. The van der Waals surface area contributed by atoms with Gasteiger partial charge in [-0.1, -0.05) is 6.07 Å². The van der Waals surface area contributed by atoms with Crippen molar-refractivity contribution < 1.29 is 13.3 Å². The van der Waals surface area contributed by atoms with E-state index in [4.69, 9.17) is 0 Å². The van der Waals surface area contributed by atoms with Crippen molar-refractivity contribution in [1.29, 1.82) is 0 Å². The molecule has 7 nitrogen and oxygen atoms in total. The van der Waals surface area contributed by atoms with Gasteiger partial charge in [-0.2, -0.15) is 0 Å². The topological polar surface area (TPSA) is 101 Å². The minimum atomic E-state index is -3.80. The molecule has 0 saturated heterocycles. The van der Waals surface area contributed by atoms with Crippen LogP contribution in [0.2, 0.25) is 0 Å². The number of fused-ring (bicyclic) bond motifs is 1. The number of nitrogens with one attached hydrogen (secondary N) is 2. The fraction of sp³-hybridized carbons (Fsp3) is 0.200. The summed E-state index contributed by atoms with van der Waals surface area (Å²) in [6, 6.07) is 10.6. The van der Waals surface area contributed by atoms with Gasteiger partial charge in [0.15, 0.2) is 0 Å². The molecule has 2 N–H and O–H groups in total. The zero-order valence-corrected chi connectivity index (χ0v) is 13.1. The number of non-ortho nitro benzene ring substituents is 1. The highest BCUT2D eigenvalue weighted by Gasteiger charge is 2.21. The average molecular weight is 333 g/mol. The number of anilines is 2. The van der Waals surface area contributed by atoms with Crippen LogP contribution in [-0.4, -0.2) is 19.4 Å². The molecule has 0 amide bonds. The van der Waals surface area contributed by atoms with E-state index in [1.165, 1.54) is 30.3 Å². The number of hydrogen-bond acceptors (Lipinski definition) is 5. The molecular weight excluding hydrogens is 318 g/mol. The lowest BCUT2D eigenvalue weighted by Gasteiger charge is -2.09. The summed E-state index contributed by atoms with van der Waals surface area (Å²) < 4.78 is 27.3. The first kappa shape index (κ1) is 15.3. The molecule has 2 aromatic carbocycles. The van der Waals surface area contributed by atoms with Crippen molar-refractivity contribution in [1.82, 2.24) is 0 Å². The monoisotopic (exact) mass is 333 g/mol. The van der Waals surface area contributed by atoms with Crippen molar-refractivity contribution in [3.8, 4) is 0 Å². The van der Waals surface area contributed by atoms with Gasteiger partial charge in [-0.15, -0.1) is 0 Å². The maximum Gasteiger partial charge on any atom is 0.271 e. The number of benzene rings is 2. The Bertz CT molecular complexity index is 880. The van der Waals surface area contributed by atoms with Crippen LogP contribution >= 0.6 is 0 Å². The second kappa shape index (κ2) is 5.54. The van der Waals surface area contributed by atoms with Crippen molar-refractivity contribution in [2.75, 3.05) is 10.0 Å². The summed E-state index contributed by atoms with van der Waals surface area (Å²) >= 11 is 0. The van der Waals surface area contributed by atoms with Crippen LogP contribution in [0.15, 0.2) is 47.4 Å². The maximum absolute atomic E-state index is 12.5. The Morgan fingerprint density at radius 2 is 2.04 bits per heavy atom. The SMILES string of the molecule is CC1Cc2cc(S(=O)(=O)Nc3cccc([N+](=O)[O-])c3)ccc2N1. The van der Waals surface area contributed by atoms with Gasteiger partial charge in [0.1, 0.15) is 0 Å². The third-order valence-corrected chi connectivity index (χ3v) is 5.00. The molecule has 2 aromatic rings. The smallest absolute Gasteiger partial charge is 0.271 e. The highest BCUT2D eigenvalue weighted by atomic mass is 32.2. The molecule has 23 heavy (non-hydrogen) atoms. The van der Waals surface area contributed by atoms with Gasteiger partial charge >= 0.3 is 0 Å². The number of nitro benzene ring substituents is 1. The minimum Gasteiger partial charge on any atom is -0.382 e. The van der Waals surface area contributed by atoms with Crippen LogP contribution < -0.4 is 10.0 Å². The molecule has 0 aromatic heterocycles. The van der Waals surface area contributed by atoms with E-state index < -0.39 is 14.9 Å². The zero-order chi connectivity index (χ0) is 16.6. The Morgan fingerprint density at radius 3 is 2.78 bits per heavy atom. The van der Waals surface area contributed by atoms with Crippen LogP contribution in [0.5, 0.6) is 0 Å². The Morgan fingerprint density at radius 1 is 1.26 bits per heavy atom. The van der Waals surface area contributed by atoms with E-state index >= 15 is 0 Å². The molecule has 0 aliphatic carbocycles. The third-order valence-electron chi connectivity index (χ3n) is 3.62. The highest BCUT2D eigenvalue weighted by Crippen LogP contribution is 2.29. The van der Waals surface area contributed by atoms with Crippen LogP contribution in [-0.2, 0) is 16.4 Å². The molecule has 1 heterocycles. The molecule has 0 fully saturated rings. The van der Waals surface area contributed by atoms with Crippen LogP contribution in [0.4, 0.5) is 17.1 Å². The second-order valence-electron chi connectivity index (χ2n) is 5.48. The summed E-state index contributed by atoms with van der Waals surface area (Å²) in [6.07, 6.45) is 0.759. The first-order valence-electron chi connectivity index (χ1n) is 7.02. The summed E-state index contributed by atoms with van der Waals surface area (Å²) in [6.45, 7) is 2.02. The van der Waals surface area contributed by atoms with E-state index in [1.807, 2.05) is 6.92 Å². The molecular formula is C15H15N3O4S. The third kappa shape index (κ3) is 3.11. The van der Waals surface area contributed by atoms with Gasteiger partial charge in [-0.3, -0.25) is 14.8 Å². The van der Waals surface area contributed by atoms with Crippen LogP contribution in [0.3, 0.4) is 0 Å². The highest BCUT2D eigenvalue weighted by molar-refractivity contribution is 7.92. The first-order chi connectivity index (χ1) is 10.8. The summed E-state index contributed by atoms with van der Waals surface area (Å²) in [4.78, 5) is 10.3. The Labute approximate surface area is 133 Å². The molecule has 1 aliphatic rings. The molecule has 0 spiro atoms. The molecule has 120 valence electrons. The van der Waals surface area contributed by atoms with Crippen LogP contribution in [0.1, 0.15) is 12.5 Å². The molecule has 1 aliphatic heterocycles. The summed E-state index contributed by atoms with van der Waals surface area (Å²) in [5.41, 5.74) is 1.87. The molecule has 0 bridgehead atoms. The summed E-state index contributed by atoms with van der Waals surface area (Å²) in [5.74, 6) is 0. The van der Waals surface area contributed by atoms with Crippen LogP contribution in [0.25, 0.3) is 0 Å². The molecule has 8 heteroatoms. The van der Waals surface area contributed by atoms with E-state index in [0.29, 0.717) is 0 Å². The standard InChI is InChI=1S/C15H15N3O4S/c1-10-7-11-8-14(5-6-15(11)16-10)23(21,22)17-12-3-2-4-13(9-12)18(19)20/h2-6,8-10,16-17H,7H2,1H3. The van der Waals surface area contributed by atoms with E-state index in [2.05, 4.69) is 10.0 Å². The van der Waals surface area contributed by atoms with Gasteiger partial charge in [-0.05, 0) is 43.2 Å². The summed E-state index contributed by atoms with van der Waals surface area (Å²) in [5, 5.41) is 14.0. The van der Waals surface area contributed by atoms with E-state index in [1.54, 1.807) is 12.1 Å². The van der Waals surface area contributed by atoms with Gasteiger partial charge in [0.2, 0.25) is 0 Å². The Kier molecular flexibility index (Phi) is 3.69. The molecule has 1 unspecified atom stereocenters. The lowest BCUT2D eigenvalue weighted by Crippen LogP contribution is -2.13. The van der Waals surface area contributed by atoms with Gasteiger partial charge in [0.25, 0.3) is 15.7 Å². The number of sulfonamides is 1. The first-order valence-corrected chi connectivity index (χ1v) is 8.50. The number of hydrogen-bond donors (Lipinski definition) is 2. The molecule has 0 radical (unpaired) electrons. The van der Waals surface area contributed by atoms with Crippen molar-refractivity contribution in [3.63, 3.8) is 0 Å². The quantitative estimate of drug-likeness (QED) is 0.662. The Balaban J connectivity index is 1.89. The van der Waals surface area contributed by atoms with Gasteiger partial charge in [-0.25, -0.2) is 8.42 Å². The van der Waals surface area contributed by atoms with Crippen molar-refractivity contribution in [2.24, 2.45) is 0 Å². The van der Waals surface area contributed by atoms with E-state index in [0.717, 1.165) is 17.7 Å². The van der Waals surface area contributed by atoms with Gasteiger partial charge < -0.3 is 5.32 Å². The number of rotatable bonds is 4. The van der Waals surface area contributed by atoms with Gasteiger partial charge in [0, 0.05) is 23.9 Å². The Hall–Kier alpha value is -2.61. The lowest BCUT2D eigenvalue weighted by atomic mass is 10.1. The second-order valence-corrected chi connectivity index (χ2v) is 7.16. The predicted molar refractivity (Wildman–Crippen MR) is 87.1 cm³/mol. The maximum atomic E-state index is 12.5.